The second-order valence-corrected chi connectivity index (χ2v) is 6.58. The lowest BCUT2D eigenvalue weighted by Crippen LogP contribution is -2.14. The number of rotatable bonds is 7. The van der Waals surface area contributed by atoms with Crippen LogP contribution in [0.5, 0.6) is 5.75 Å². The summed E-state index contributed by atoms with van der Waals surface area (Å²) in [4.78, 5) is 23.5. The lowest BCUT2D eigenvalue weighted by molar-refractivity contribution is -0.116. The summed E-state index contributed by atoms with van der Waals surface area (Å²) in [5.74, 6) is -2.35. The van der Waals surface area contributed by atoms with Crippen molar-refractivity contribution in [3.63, 3.8) is 0 Å². The summed E-state index contributed by atoms with van der Waals surface area (Å²) in [7, 11) is 0. The Bertz CT molecular complexity index is 1080. The number of hydrogen-bond donors (Lipinski definition) is 3. The van der Waals surface area contributed by atoms with Crippen molar-refractivity contribution < 1.29 is 28.7 Å². The van der Waals surface area contributed by atoms with E-state index in [0.29, 0.717) is 6.54 Å². The number of aromatic carboxylic acids is 1. The maximum Gasteiger partial charge on any atom is 0.339 e. The molecule has 0 saturated heterocycles. The lowest BCUT2D eigenvalue weighted by Gasteiger charge is -2.04. The van der Waals surface area contributed by atoms with Gasteiger partial charge in [0, 0.05) is 43.4 Å². The molecule has 152 valence electrons. The van der Waals surface area contributed by atoms with Gasteiger partial charge in [-0.05, 0) is 19.1 Å². The minimum absolute atomic E-state index is 0.0111. The molecular weight excluding hydrogens is 405 g/mol. The van der Waals surface area contributed by atoms with Gasteiger partial charge in [0.25, 0.3) is 0 Å². The molecule has 0 aliphatic heterocycles. The van der Waals surface area contributed by atoms with Gasteiger partial charge in [-0.25, -0.2) is 9.18 Å². The first-order valence-electron chi connectivity index (χ1n) is 8.66. The zero-order valence-electron chi connectivity index (χ0n) is 15.3. The summed E-state index contributed by atoms with van der Waals surface area (Å²) in [5.41, 5.74) is 0.301. The minimum atomic E-state index is -1.15. The van der Waals surface area contributed by atoms with E-state index in [0.717, 1.165) is 6.07 Å². The van der Waals surface area contributed by atoms with Crippen molar-refractivity contribution in [3.05, 3.63) is 52.8 Å². The number of nitrogens with one attached hydrogen (secondary N) is 1. The third-order valence-electron chi connectivity index (χ3n) is 4.24. The van der Waals surface area contributed by atoms with Crippen LogP contribution in [0.4, 0.5) is 10.1 Å². The predicted molar refractivity (Wildman–Crippen MR) is 103 cm³/mol. The smallest absolute Gasteiger partial charge is 0.339 e. The molecule has 0 unspecified atom stereocenters. The fraction of sp³-hybridized carbons (Fsp3) is 0.211. The van der Waals surface area contributed by atoms with Crippen LogP contribution in [0.3, 0.4) is 0 Å². The molecule has 0 fully saturated rings. The predicted octanol–water partition coefficient (Wildman–Crippen LogP) is 3.93. The molecule has 0 spiro atoms. The first-order chi connectivity index (χ1) is 13.8. The van der Waals surface area contributed by atoms with Crippen molar-refractivity contribution in [2.45, 2.75) is 26.3 Å². The Kier molecular flexibility index (Phi) is 5.88. The van der Waals surface area contributed by atoms with Crippen molar-refractivity contribution in [2.24, 2.45) is 0 Å². The van der Waals surface area contributed by atoms with Gasteiger partial charge in [0.05, 0.1) is 5.69 Å². The van der Waals surface area contributed by atoms with Gasteiger partial charge in [0.2, 0.25) is 5.91 Å². The molecule has 0 radical (unpaired) electrons. The Morgan fingerprint density at radius 1 is 1.34 bits per heavy atom. The highest BCUT2D eigenvalue weighted by Gasteiger charge is 2.20. The highest BCUT2D eigenvalue weighted by molar-refractivity contribution is 6.33. The first kappa shape index (κ1) is 20.4. The van der Waals surface area contributed by atoms with Crippen LogP contribution >= 0.6 is 11.6 Å². The number of aromatic nitrogens is 2. The third kappa shape index (κ3) is 4.40. The van der Waals surface area contributed by atoms with Crippen LogP contribution in [0.1, 0.15) is 29.5 Å². The summed E-state index contributed by atoms with van der Waals surface area (Å²) in [6.45, 7) is 2.40. The van der Waals surface area contributed by atoms with E-state index in [9.17, 15) is 24.2 Å². The van der Waals surface area contributed by atoms with Crippen molar-refractivity contribution in [1.82, 2.24) is 9.72 Å². The number of hydrogen-bond acceptors (Lipinski definition) is 5. The number of phenolic OH excluding ortho intramolecular Hbond substituents is 1. The van der Waals surface area contributed by atoms with Gasteiger partial charge >= 0.3 is 5.97 Å². The number of aromatic hydroxyl groups is 1. The summed E-state index contributed by atoms with van der Waals surface area (Å²) in [6, 6.07) is 3.53. The highest BCUT2D eigenvalue weighted by atomic mass is 35.5. The van der Waals surface area contributed by atoms with Crippen LogP contribution in [0.25, 0.3) is 11.3 Å². The maximum absolute atomic E-state index is 14.0. The Morgan fingerprint density at radius 3 is 2.76 bits per heavy atom. The molecule has 1 aromatic carbocycles. The molecule has 8 nitrogen and oxygen atoms in total. The molecule has 0 bridgehead atoms. The first-order valence-corrected chi connectivity index (χ1v) is 9.03. The molecule has 3 aromatic rings. The fourth-order valence-corrected chi connectivity index (χ4v) is 3.00. The van der Waals surface area contributed by atoms with Gasteiger partial charge in [0.1, 0.15) is 27.8 Å². The maximum atomic E-state index is 14.0. The van der Waals surface area contributed by atoms with Crippen LogP contribution in [0.15, 0.2) is 35.1 Å². The number of benzene rings is 1. The Balaban J connectivity index is 1.69. The average Bonchev–Trinajstić information content (AvgIpc) is 3.24. The normalized spacial score (nSPS) is 10.9. The number of carboxylic acid groups (broad SMARTS) is 1. The Morgan fingerprint density at radius 2 is 2.10 bits per heavy atom. The molecule has 0 atom stereocenters. The molecular formula is C19H17ClFN3O5. The van der Waals surface area contributed by atoms with Crippen molar-refractivity contribution >= 4 is 29.2 Å². The number of phenols is 1. The van der Waals surface area contributed by atoms with E-state index < -0.39 is 17.7 Å². The van der Waals surface area contributed by atoms with Crippen LogP contribution in [0.2, 0.25) is 5.02 Å². The van der Waals surface area contributed by atoms with Gasteiger partial charge in [-0.2, -0.15) is 0 Å². The van der Waals surface area contributed by atoms with Gasteiger partial charge in [-0.3, -0.25) is 4.79 Å². The van der Waals surface area contributed by atoms with E-state index in [1.165, 1.54) is 24.5 Å². The SMILES string of the molecule is CCn1cc(NC(=O)CCc2onc(-c3ccc(O)cc3F)c2Cl)c(C(=O)O)c1. The van der Waals surface area contributed by atoms with Gasteiger partial charge in [0.15, 0.2) is 5.76 Å². The lowest BCUT2D eigenvalue weighted by atomic mass is 10.1. The molecule has 0 aliphatic carbocycles. The van der Waals surface area contributed by atoms with Gasteiger partial charge in [-0.1, -0.05) is 16.8 Å². The van der Waals surface area contributed by atoms with E-state index >= 15 is 0 Å². The van der Waals surface area contributed by atoms with E-state index in [1.807, 2.05) is 6.92 Å². The van der Waals surface area contributed by atoms with Crippen molar-refractivity contribution in [3.8, 4) is 17.0 Å². The molecule has 1 amide bonds. The molecule has 3 N–H and O–H groups in total. The largest absolute Gasteiger partial charge is 0.508 e. The molecule has 0 saturated carbocycles. The van der Waals surface area contributed by atoms with E-state index in [-0.39, 0.29) is 51.9 Å². The highest BCUT2D eigenvalue weighted by Crippen LogP contribution is 2.33. The molecule has 2 aromatic heterocycles. The number of carbonyl (C=O) groups is 2. The third-order valence-corrected chi connectivity index (χ3v) is 4.63. The van der Waals surface area contributed by atoms with E-state index in [1.54, 1.807) is 4.57 Å². The van der Waals surface area contributed by atoms with E-state index in [2.05, 4.69) is 10.5 Å². The molecule has 29 heavy (non-hydrogen) atoms. The Labute approximate surface area is 169 Å². The number of aryl methyl sites for hydroxylation is 2. The minimum Gasteiger partial charge on any atom is -0.508 e. The quantitative estimate of drug-likeness (QED) is 0.532. The topological polar surface area (TPSA) is 118 Å². The van der Waals surface area contributed by atoms with Crippen molar-refractivity contribution in [2.75, 3.05) is 5.32 Å². The zero-order valence-corrected chi connectivity index (χ0v) is 16.0. The standard InChI is InChI=1S/C19H17ClFN3O5/c1-2-24-8-12(19(27)28)14(9-24)22-16(26)6-5-15-17(20)18(23-29-15)11-4-3-10(25)7-13(11)21/h3-4,7-9,25H,2,5-6H2,1H3,(H,22,26)(H,27,28). The summed E-state index contributed by atoms with van der Waals surface area (Å²) >= 11 is 6.21. The van der Waals surface area contributed by atoms with Crippen molar-refractivity contribution in [1.29, 1.82) is 0 Å². The molecule has 3 rings (SSSR count). The second-order valence-electron chi connectivity index (χ2n) is 6.20. The summed E-state index contributed by atoms with van der Waals surface area (Å²) < 4.78 is 20.8. The number of carboxylic acids is 1. The molecule has 2 heterocycles. The number of halogens is 2. The molecule has 10 heteroatoms. The molecule has 0 aliphatic rings. The second kappa shape index (κ2) is 8.36. The van der Waals surface area contributed by atoms with Gasteiger partial charge < -0.3 is 24.6 Å². The van der Waals surface area contributed by atoms with Crippen LogP contribution in [0, 0.1) is 5.82 Å². The number of amides is 1. The summed E-state index contributed by atoms with van der Waals surface area (Å²) in [5, 5.41) is 24.9. The number of nitrogens with zero attached hydrogens (tertiary/aromatic N) is 2. The van der Waals surface area contributed by atoms with Crippen LogP contribution in [-0.4, -0.2) is 31.8 Å². The average molecular weight is 422 g/mol. The monoisotopic (exact) mass is 421 g/mol. The van der Waals surface area contributed by atoms with Gasteiger partial charge in [-0.15, -0.1) is 0 Å². The zero-order chi connectivity index (χ0) is 21.1. The Hall–Kier alpha value is -3.33. The summed E-state index contributed by atoms with van der Waals surface area (Å²) in [6.07, 6.45) is 3.00. The fourth-order valence-electron chi connectivity index (χ4n) is 2.73. The number of anilines is 1. The van der Waals surface area contributed by atoms with E-state index in [4.69, 9.17) is 16.1 Å². The van der Waals surface area contributed by atoms with Crippen LogP contribution in [-0.2, 0) is 17.8 Å². The number of carbonyl (C=O) groups excluding carboxylic acids is 1. The van der Waals surface area contributed by atoms with Crippen LogP contribution < -0.4 is 5.32 Å².